The number of halogens is 4. The molecule has 25 heavy (non-hydrogen) atoms. The second-order valence-electron chi connectivity index (χ2n) is 6.27. The number of ether oxygens (including phenoxy) is 1. The molecule has 2 N–H and O–H groups in total. The Labute approximate surface area is 144 Å². The smallest absolute Gasteiger partial charge is 0.433 e. The first-order chi connectivity index (χ1) is 11.4. The molecule has 0 saturated heterocycles. The molecule has 0 bridgehead atoms. The van der Waals surface area contributed by atoms with Crippen molar-refractivity contribution in [3.63, 3.8) is 0 Å². The van der Waals surface area contributed by atoms with E-state index in [2.05, 4.69) is 0 Å². The molecule has 0 atom stereocenters. The number of benzene rings is 1. The second-order valence-corrected chi connectivity index (χ2v) is 6.67. The number of hydrogen-bond donors (Lipinski definition) is 1. The number of rotatable bonds is 1. The molecule has 1 aromatic carbocycles. The number of alkyl halides is 3. The van der Waals surface area contributed by atoms with Gasteiger partial charge in [-0.2, -0.15) is 13.2 Å². The third-order valence-electron chi connectivity index (χ3n) is 3.83. The summed E-state index contributed by atoms with van der Waals surface area (Å²) >= 11 is 6.13. The van der Waals surface area contributed by atoms with E-state index in [1.807, 2.05) is 0 Å². The Morgan fingerprint density at radius 2 is 1.92 bits per heavy atom. The largest absolute Gasteiger partial charge is 0.485 e. The average Bonchev–Trinajstić information content (AvgIpc) is 2.80. The number of nitrogens with two attached hydrogens (primary N) is 1. The van der Waals surface area contributed by atoms with Crippen molar-refractivity contribution in [3.8, 4) is 11.4 Å². The molecule has 2 heterocycles. The van der Waals surface area contributed by atoms with Gasteiger partial charge in [0, 0.05) is 23.1 Å². The minimum Gasteiger partial charge on any atom is -0.485 e. The molecule has 0 unspecified atom stereocenters. The molecule has 134 valence electrons. The van der Waals surface area contributed by atoms with E-state index in [0.717, 1.165) is 0 Å². The predicted octanol–water partition coefficient (Wildman–Crippen LogP) is 2.10. The molecule has 0 aliphatic carbocycles. The average molecular weight is 376 g/mol. The Hall–Kier alpha value is -2.42. The Morgan fingerprint density at radius 3 is 2.52 bits per heavy atom. The third-order valence-corrected chi connectivity index (χ3v) is 4.19. The topological polar surface area (TPSA) is 79.3 Å². The van der Waals surface area contributed by atoms with Crippen molar-refractivity contribution >= 4 is 11.6 Å². The van der Waals surface area contributed by atoms with E-state index in [1.54, 1.807) is 13.8 Å². The molecule has 1 aromatic heterocycles. The maximum absolute atomic E-state index is 12.9. The maximum atomic E-state index is 12.9. The lowest BCUT2D eigenvalue weighted by Crippen LogP contribution is -2.45. The van der Waals surface area contributed by atoms with Gasteiger partial charge in [0.05, 0.1) is 5.69 Å². The lowest BCUT2D eigenvalue weighted by Gasteiger charge is -2.19. The molecule has 1 aliphatic heterocycles. The van der Waals surface area contributed by atoms with Gasteiger partial charge in [0.15, 0.2) is 5.69 Å². The molecular weight excluding hydrogens is 363 g/mol. The van der Waals surface area contributed by atoms with Crippen molar-refractivity contribution in [2.24, 2.45) is 0 Å². The van der Waals surface area contributed by atoms with E-state index in [0.29, 0.717) is 21.6 Å². The van der Waals surface area contributed by atoms with E-state index >= 15 is 0 Å². The van der Waals surface area contributed by atoms with Crippen LogP contribution in [-0.2, 0) is 12.6 Å². The molecule has 0 amide bonds. The zero-order valence-electron chi connectivity index (χ0n) is 13.1. The van der Waals surface area contributed by atoms with Crippen LogP contribution >= 0.6 is 11.6 Å². The quantitative estimate of drug-likeness (QED) is 0.774. The molecule has 2 aromatic rings. The first kappa shape index (κ1) is 17.4. The van der Waals surface area contributed by atoms with Crippen molar-refractivity contribution in [2.75, 3.05) is 5.84 Å². The van der Waals surface area contributed by atoms with Crippen LogP contribution in [0.4, 0.5) is 13.2 Å². The van der Waals surface area contributed by atoms with Crippen molar-refractivity contribution in [1.82, 2.24) is 9.24 Å². The molecule has 10 heteroatoms. The molecule has 0 spiro atoms. The monoisotopic (exact) mass is 375 g/mol. The van der Waals surface area contributed by atoms with Crippen molar-refractivity contribution in [1.29, 1.82) is 0 Å². The number of hydrogen-bond acceptors (Lipinski definition) is 4. The van der Waals surface area contributed by atoms with Crippen LogP contribution in [0.25, 0.3) is 5.69 Å². The molecule has 0 radical (unpaired) electrons. The molecule has 6 nitrogen and oxygen atoms in total. The van der Waals surface area contributed by atoms with Gasteiger partial charge < -0.3 is 10.6 Å². The maximum Gasteiger partial charge on any atom is 0.433 e. The summed E-state index contributed by atoms with van der Waals surface area (Å²) in [5, 5.41) is 0.373. The highest BCUT2D eigenvalue weighted by molar-refractivity contribution is 6.31. The summed E-state index contributed by atoms with van der Waals surface area (Å²) < 4.78 is 44.8. The lowest BCUT2D eigenvalue weighted by atomic mass is 10.0. The minimum absolute atomic E-state index is 0.00657. The van der Waals surface area contributed by atoms with Gasteiger partial charge in [0.2, 0.25) is 0 Å². The van der Waals surface area contributed by atoms with Gasteiger partial charge in [0.1, 0.15) is 11.4 Å². The fourth-order valence-corrected chi connectivity index (χ4v) is 3.00. The highest BCUT2D eigenvalue weighted by atomic mass is 35.5. The van der Waals surface area contributed by atoms with Gasteiger partial charge in [-0.15, -0.1) is 0 Å². The standard InChI is InChI=1S/C15H13ClF3N3O3/c1-14(2)6-7-8(16)3-4-9(12(7)25-14)21-11(23)5-10(15(17,18)19)22(20)13(21)24/h3-5H,6,20H2,1-2H3. The Bertz CT molecular complexity index is 992. The van der Waals surface area contributed by atoms with Crippen LogP contribution in [0.3, 0.4) is 0 Å². The van der Waals surface area contributed by atoms with Gasteiger partial charge >= 0.3 is 11.9 Å². The summed E-state index contributed by atoms with van der Waals surface area (Å²) in [6, 6.07) is 3.05. The summed E-state index contributed by atoms with van der Waals surface area (Å²) in [6.07, 6.45) is -4.52. The summed E-state index contributed by atoms with van der Waals surface area (Å²) in [5.41, 5.74) is -4.12. The van der Waals surface area contributed by atoms with Crippen molar-refractivity contribution < 1.29 is 17.9 Å². The summed E-state index contributed by atoms with van der Waals surface area (Å²) in [4.78, 5) is 24.5. The predicted molar refractivity (Wildman–Crippen MR) is 84.9 cm³/mol. The molecule has 1 aliphatic rings. The van der Waals surface area contributed by atoms with Gasteiger partial charge in [-0.25, -0.2) is 14.0 Å². The van der Waals surface area contributed by atoms with Gasteiger partial charge in [-0.05, 0) is 26.0 Å². The van der Waals surface area contributed by atoms with Gasteiger partial charge in [0.25, 0.3) is 5.56 Å². The van der Waals surface area contributed by atoms with Crippen LogP contribution in [-0.4, -0.2) is 14.8 Å². The van der Waals surface area contributed by atoms with Crippen LogP contribution in [0.1, 0.15) is 25.1 Å². The number of aromatic nitrogens is 2. The van der Waals surface area contributed by atoms with E-state index < -0.39 is 28.7 Å². The minimum atomic E-state index is -4.94. The highest BCUT2D eigenvalue weighted by Gasteiger charge is 2.37. The fourth-order valence-electron chi connectivity index (χ4n) is 2.78. The van der Waals surface area contributed by atoms with Gasteiger partial charge in [-0.3, -0.25) is 4.79 Å². The summed E-state index contributed by atoms with van der Waals surface area (Å²) in [7, 11) is 0. The van der Waals surface area contributed by atoms with Crippen LogP contribution < -0.4 is 21.8 Å². The Morgan fingerprint density at radius 1 is 1.28 bits per heavy atom. The highest BCUT2D eigenvalue weighted by Crippen LogP contribution is 2.42. The van der Waals surface area contributed by atoms with E-state index in [-0.39, 0.29) is 22.2 Å². The van der Waals surface area contributed by atoms with E-state index in [4.69, 9.17) is 22.2 Å². The summed E-state index contributed by atoms with van der Waals surface area (Å²) in [5.74, 6) is 5.44. The Kier molecular flexibility index (Phi) is 3.68. The zero-order valence-corrected chi connectivity index (χ0v) is 13.9. The number of nitrogen functional groups attached to an aromatic ring is 1. The summed E-state index contributed by atoms with van der Waals surface area (Å²) in [6.45, 7) is 3.56. The van der Waals surface area contributed by atoms with Crippen molar-refractivity contribution in [3.05, 3.63) is 55.3 Å². The van der Waals surface area contributed by atoms with Crippen molar-refractivity contribution in [2.45, 2.75) is 32.0 Å². The Balaban J connectivity index is 2.31. The molecule has 3 rings (SSSR count). The molecular formula is C15H13ClF3N3O3. The molecule has 0 saturated carbocycles. The van der Waals surface area contributed by atoms with Crippen LogP contribution in [0.15, 0.2) is 27.8 Å². The van der Waals surface area contributed by atoms with Crippen LogP contribution in [0, 0.1) is 0 Å². The fraction of sp³-hybridized carbons (Fsp3) is 0.333. The number of nitrogens with zero attached hydrogens (tertiary/aromatic N) is 2. The van der Waals surface area contributed by atoms with Crippen LogP contribution in [0.2, 0.25) is 5.02 Å². The normalized spacial score (nSPS) is 15.8. The SMILES string of the molecule is CC1(C)Cc2c(Cl)ccc(-n3c(=O)cc(C(F)(F)F)n(N)c3=O)c2O1. The zero-order chi connectivity index (χ0) is 18.7. The first-order valence-corrected chi connectivity index (χ1v) is 7.52. The number of fused-ring (bicyclic) bond motifs is 1. The van der Waals surface area contributed by atoms with Gasteiger partial charge in [-0.1, -0.05) is 11.6 Å². The second kappa shape index (κ2) is 5.29. The van der Waals surface area contributed by atoms with E-state index in [1.165, 1.54) is 12.1 Å². The molecule has 0 fully saturated rings. The van der Waals surface area contributed by atoms with E-state index in [9.17, 15) is 22.8 Å². The first-order valence-electron chi connectivity index (χ1n) is 7.14. The lowest BCUT2D eigenvalue weighted by molar-refractivity contribution is -0.143. The third kappa shape index (κ3) is 2.78. The van der Waals surface area contributed by atoms with Crippen LogP contribution in [0.5, 0.6) is 5.75 Å².